The lowest BCUT2D eigenvalue weighted by Gasteiger charge is -2.34. The third-order valence-corrected chi connectivity index (χ3v) is 5.67. The van der Waals surface area contributed by atoms with Gasteiger partial charge >= 0.3 is 12.0 Å². The summed E-state index contributed by atoms with van der Waals surface area (Å²) in [6, 6.07) is 0.702. The molecule has 0 aromatic carbocycles. The molecule has 5 nitrogen and oxygen atoms in total. The summed E-state index contributed by atoms with van der Waals surface area (Å²) in [5.41, 5.74) is 0. The smallest absolute Gasteiger partial charge is 0.317 e. The van der Waals surface area contributed by atoms with Gasteiger partial charge in [-0.15, -0.1) is 0 Å². The Kier molecular flexibility index (Phi) is 4.36. The Balaban J connectivity index is 1.49. The molecule has 0 aromatic heterocycles. The Morgan fingerprint density at radius 3 is 2.38 bits per heavy atom. The number of amides is 2. The van der Waals surface area contributed by atoms with Gasteiger partial charge in [0.15, 0.2) is 0 Å². The molecule has 0 aromatic rings. The van der Waals surface area contributed by atoms with Crippen LogP contribution < -0.4 is 5.32 Å². The van der Waals surface area contributed by atoms with Crippen molar-refractivity contribution in [1.29, 1.82) is 0 Å². The van der Waals surface area contributed by atoms with Gasteiger partial charge in [-0.1, -0.05) is 12.8 Å². The maximum absolute atomic E-state index is 12.5. The van der Waals surface area contributed by atoms with Crippen molar-refractivity contribution in [2.45, 2.75) is 69.9 Å². The first-order valence-corrected chi connectivity index (χ1v) is 8.45. The van der Waals surface area contributed by atoms with Gasteiger partial charge in [0.05, 0.1) is 5.92 Å². The fraction of sp³-hybridized carbons (Fsp3) is 0.875. The predicted octanol–water partition coefficient (Wildman–Crippen LogP) is 2.60. The number of hydrogen-bond donors (Lipinski definition) is 2. The Bertz CT molecular complexity index is 404. The number of rotatable bonds is 2. The van der Waals surface area contributed by atoms with E-state index in [0.29, 0.717) is 24.8 Å². The van der Waals surface area contributed by atoms with Crippen molar-refractivity contribution in [1.82, 2.24) is 10.2 Å². The van der Waals surface area contributed by atoms with E-state index in [1.807, 2.05) is 4.90 Å². The van der Waals surface area contributed by atoms with Gasteiger partial charge in [-0.05, 0) is 50.9 Å². The van der Waals surface area contributed by atoms with Crippen LogP contribution >= 0.6 is 0 Å². The van der Waals surface area contributed by atoms with Crippen LogP contribution in [0.4, 0.5) is 4.79 Å². The molecule has 2 N–H and O–H groups in total. The maximum Gasteiger partial charge on any atom is 0.317 e. The van der Waals surface area contributed by atoms with Crippen LogP contribution in [0.3, 0.4) is 0 Å². The first-order chi connectivity index (χ1) is 10.1. The van der Waals surface area contributed by atoms with Crippen LogP contribution in [0.5, 0.6) is 0 Å². The number of carboxylic acids is 1. The Hall–Kier alpha value is -1.26. The summed E-state index contributed by atoms with van der Waals surface area (Å²) in [5, 5.41) is 12.2. The molecule has 1 saturated heterocycles. The lowest BCUT2D eigenvalue weighted by atomic mass is 9.85. The van der Waals surface area contributed by atoms with Crippen LogP contribution in [0.25, 0.3) is 0 Å². The van der Waals surface area contributed by atoms with Gasteiger partial charge in [0.1, 0.15) is 0 Å². The highest BCUT2D eigenvalue weighted by atomic mass is 16.4. The second kappa shape index (κ2) is 6.24. The standard InChI is InChI=1S/C16H26N2O3/c19-15(20)12-5-7-13(8-6-12)17-16(21)18-10-9-11-3-1-2-4-14(11)18/h11-14H,1-10H2,(H,17,21)(H,19,20). The van der Waals surface area contributed by atoms with Crippen molar-refractivity contribution in [3.05, 3.63) is 0 Å². The molecule has 1 aliphatic heterocycles. The zero-order chi connectivity index (χ0) is 14.8. The van der Waals surface area contributed by atoms with Gasteiger partial charge in [0, 0.05) is 18.6 Å². The molecule has 2 atom stereocenters. The van der Waals surface area contributed by atoms with Gasteiger partial charge in [0.2, 0.25) is 0 Å². The quantitative estimate of drug-likeness (QED) is 0.822. The summed E-state index contributed by atoms with van der Waals surface area (Å²) < 4.78 is 0. The van der Waals surface area contributed by atoms with Crippen molar-refractivity contribution in [3.8, 4) is 0 Å². The molecular weight excluding hydrogens is 268 g/mol. The van der Waals surface area contributed by atoms with E-state index in [1.165, 1.54) is 19.3 Å². The van der Waals surface area contributed by atoms with E-state index in [0.717, 1.165) is 32.2 Å². The highest BCUT2D eigenvalue weighted by Gasteiger charge is 2.39. The minimum absolute atomic E-state index is 0.0863. The van der Waals surface area contributed by atoms with Crippen molar-refractivity contribution in [3.63, 3.8) is 0 Å². The first kappa shape index (κ1) is 14.7. The molecule has 21 heavy (non-hydrogen) atoms. The van der Waals surface area contributed by atoms with Crippen molar-refractivity contribution >= 4 is 12.0 Å². The van der Waals surface area contributed by atoms with Gasteiger partial charge in [-0.25, -0.2) is 4.79 Å². The average molecular weight is 294 g/mol. The lowest BCUT2D eigenvalue weighted by molar-refractivity contribution is -0.142. The molecule has 2 saturated carbocycles. The average Bonchev–Trinajstić information content (AvgIpc) is 2.92. The van der Waals surface area contributed by atoms with Gasteiger partial charge in [-0.2, -0.15) is 0 Å². The van der Waals surface area contributed by atoms with E-state index in [9.17, 15) is 9.59 Å². The molecule has 5 heteroatoms. The molecule has 1 heterocycles. The Morgan fingerprint density at radius 2 is 1.67 bits per heavy atom. The van der Waals surface area contributed by atoms with Crippen molar-refractivity contribution in [2.75, 3.05) is 6.54 Å². The number of nitrogens with zero attached hydrogens (tertiary/aromatic N) is 1. The van der Waals surface area contributed by atoms with E-state index in [4.69, 9.17) is 5.11 Å². The molecule has 2 amide bonds. The normalized spacial score (nSPS) is 36.1. The number of hydrogen-bond acceptors (Lipinski definition) is 2. The van der Waals surface area contributed by atoms with Crippen molar-refractivity contribution < 1.29 is 14.7 Å². The molecular formula is C16H26N2O3. The molecule has 3 fully saturated rings. The summed E-state index contributed by atoms with van der Waals surface area (Å²) in [6.45, 7) is 0.894. The van der Waals surface area contributed by atoms with Gasteiger partial charge in [-0.3, -0.25) is 4.79 Å². The topological polar surface area (TPSA) is 69.6 Å². The van der Waals surface area contributed by atoms with E-state index < -0.39 is 5.97 Å². The molecule has 3 aliphatic rings. The summed E-state index contributed by atoms with van der Waals surface area (Å²) in [5.74, 6) is -0.190. The number of carbonyl (C=O) groups excluding carboxylic acids is 1. The fourth-order valence-corrected chi connectivity index (χ4v) is 4.40. The molecule has 3 rings (SSSR count). The molecule has 0 bridgehead atoms. The number of carboxylic acid groups (broad SMARTS) is 1. The molecule has 2 unspecified atom stereocenters. The van der Waals surface area contributed by atoms with Crippen LogP contribution in [-0.4, -0.2) is 40.6 Å². The maximum atomic E-state index is 12.5. The van der Waals surface area contributed by atoms with E-state index in [1.54, 1.807) is 0 Å². The third-order valence-electron chi connectivity index (χ3n) is 5.67. The number of nitrogens with one attached hydrogen (secondary N) is 1. The molecule has 0 spiro atoms. The van der Waals surface area contributed by atoms with Crippen LogP contribution in [0.2, 0.25) is 0 Å². The second-order valence-electron chi connectivity index (χ2n) is 6.93. The third kappa shape index (κ3) is 3.16. The molecule has 2 aliphatic carbocycles. The van der Waals surface area contributed by atoms with Crippen molar-refractivity contribution in [2.24, 2.45) is 11.8 Å². The number of aliphatic carboxylic acids is 1. The molecule has 118 valence electrons. The fourth-order valence-electron chi connectivity index (χ4n) is 4.40. The number of urea groups is 1. The highest BCUT2D eigenvalue weighted by Crippen LogP contribution is 2.36. The summed E-state index contributed by atoms with van der Waals surface area (Å²) in [4.78, 5) is 25.5. The Labute approximate surface area is 126 Å². The monoisotopic (exact) mass is 294 g/mol. The van der Waals surface area contributed by atoms with E-state index >= 15 is 0 Å². The summed E-state index contributed by atoms with van der Waals surface area (Å²) in [6.07, 6.45) is 9.12. The van der Waals surface area contributed by atoms with Crippen LogP contribution in [0.1, 0.15) is 57.8 Å². The summed E-state index contributed by atoms with van der Waals surface area (Å²) >= 11 is 0. The number of fused-ring (bicyclic) bond motifs is 1. The molecule has 0 radical (unpaired) electrons. The van der Waals surface area contributed by atoms with Crippen LogP contribution in [-0.2, 0) is 4.79 Å². The minimum Gasteiger partial charge on any atom is -0.481 e. The van der Waals surface area contributed by atoms with Crippen LogP contribution in [0.15, 0.2) is 0 Å². The highest BCUT2D eigenvalue weighted by molar-refractivity contribution is 5.75. The second-order valence-corrected chi connectivity index (χ2v) is 6.93. The minimum atomic E-state index is -0.690. The SMILES string of the molecule is O=C(O)C1CCC(NC(=O)N2CCC3CCCCC32)CC1. The van der Waals surface area contributed by atoms with E-state index in [-0.39, 0.29) is 18.0 Å². The zero-order valence-corrected chi connectivity index (χ0v) is 12.6. The Morgan fingerprint density at radius 1 is 0.952 bits per heavy atom. The lowest BCUT2D eigenvalue weighted by Crippen LogP contribution is -2.49. The van der Waals surface area contributed by atoms with E-state index in [2.05, 4.69) is 5.32 Å². The number of likely N-dealkylation sites (tertiary alicyclic amines) is 1. The largest absolute Gasteiger partial charge is 0.481 e. The zero-order valence-electron chi connectivity index (χ0n) is 12.6. The summed E-state index contributed by atoms with van der Waals surface area (Å²) in [7, 11) is 0. The van der Waals surface area contributed by atoms with Gasteiger partial charge in [0.25, 0.3) is 0 Å². The number of carbonyl (C=O) groups is 2. The predicted molar refractivity (Wildman–Crippen MR) is 79.0 cm³/mol. The first-order valence-electron chi connectivity index (χ1n) is 8.45. The van der Waals surface area contributed by atoms with Gasteiger partial charge < -0.3 is 15.3 Å². The van der Waals surface area contributed by atoms with Crippen LogP contribution in [0, 0.1) is 11.8 Å².